The molecule has 0 spiro atoms. The van der Waals surface area contributed by atoms with Gasteiger partial charge in [0.25, 0.3) is 0 Å². The Labute approximate surface area is 204 Å². The Kier molecular flexibility index (Phi) is 7.48. The van der Waals surface area contributed by atoms with E-state index < -0.39 is 6.09 Å². The first-order chi connectivity index (χ1) is 15.6. The molecule has 0 aromatic heterocycles. The quantitative estimate of drug-likeness (QED) is 0.698. The van der Waals surface area contributed by atoms with Crippen molar-refractivity contribution in [2.75, 3.05) is 50.1 Å². The topological polar surface area (TPSA) is 65.1 Å². The fourth-order valence-corrected chi connectivity index (χ4v) is 5.93. The molecule has 3 aliphatic heterocycles. The normalized spacial score (nSPS) is 19.7. The number of nitrogens with zero attached hydrogens (tertiary/aromatic N) is 3. The molecule has 0 bridgehead atoms. The number of amides is 2. The average Bonchev–Trinajstić information content (AvgIpc) is 3.29. The van der Waals surface area contributed by atoms with Gasteiger partial charge in [-0.05, 0) is 49.7 Å². The van der Waals surface area contributed by atoms with Gasteiger partial charge in [0, 0.05) is 54.1 Å². The van der Waals surface area contributed by atoms with Gasteiger partial charge in [0.15, 0.2) is 0 Å². The maximum absolute atomic E-state index is 13.6. The van der Waals surface area contributed by atoms with E-state index in [-0.39, 0.29) is 18.3 Å². The van der Waals surface area contributed by atoms with Crippen LogP contribution in [-0.2, 0) is 9.53 Å². The number of nitrogens with one attached hydrogen (secondary N) is 1. The van der Waals surface area contributed by atoms with Crippen molar-refractivity contribution in [3.05, 3.63) is 42.5 Å². The summed E-state index contributed by atoms with van der Waals surface area (Å²) in [6.45, 7) is 5.18. The molecule has 2 saturated heterocycles. The van der Waals surface area contributed by atoms with Gasteiger partial charge in [-0.2, -0.15) is 0 Å². The molecule has 1 unspecified atom stereocenters. The molecule has 3 aliphatic rings. The Morgan fingerprint density at radius 3 is 2.76 bits per heavy atom. The minimum Gasteiger partial charge on any atom is -1.00 e. The van der Waals surface area contributed by atoms with Gasteiger partial charge in [0.05, 0.1) is 18.5 Å². The van der Waals surface area contributed by atoms with Crippen LogP contribution >= 0.6 is 11.8 Å². The number of anilines is 3. The number of fused-ring (bicyclic) bond motifs is 3. The lowest BCUT2D eigenvalue weighted by atomic mass is 10.1. The van der Waals surface area contributed by atoms with Crippen molar-refractivity contribution < 1.29 is 26.7 Å². The van der Waals surface area contributed by atoms with Crippen LogP contribution in [0.2, 0.25) is 0 Å². The van der Waals surface area contributed by atoms with Crippen LogP contribution in [0.5, 0.6) is 0 Å². The predicted octanol–water partition coefficient (Wildman–Crippen LogP) is 1.17. The molecule has 9 heteroatoms. The third-order valence-electron chi connectivity index (χ3n) is 6.52. The van der Waals surface area contributed by atoms with E-state index in [4.69, 9.17) is 4.74 Å². The van der Waals surface area contributed by atoms with E-state index in [0.717, 1.165) is 47.3 Å². The molecular weight excluding hydrogens is 460 g/mol. The highest BCUT2D eigenvalue weighted by Gasteiger charge is 2.32. The summed E-state index contributed by atoms with van der Waals surface area (Å²) in [6.07, 6.45) is 2.49. The minimum absolute atomic E-state index is 0. The van der Waals surface area contributed by atoms with E-state index in [1.165, 1.54) is 26.5 Å². The third-order valence-corrected chi connectivity index (χ3v) is 7.65. The molecule has 2 amide bonds. The predicted molar refractivity (Wildman–Crippen MR) is 126 cm³/mol. The number of para-hydroxylation sites is 1. The number of hydrogen-bond donors (Lipinski definition) is 1. The molecule has 176 valence electrons. The SMILES string of the molecule is COC(=O)Nc1ccc2c(c1)N(C(=O)CCN1CCN3CCCC3C1)c1ccccc1S2.[Cl-]. The summed E-state index contributed by atoms with van der Waals surface area (Å²) in [5.74, 6) is 0.0723. The van der Waals surface area contributed by atoms with Crippen molar-refractivity contribution in [1.29, 1.82) is 0 Å². The van der Waals surface area contributed by atoms with Crippen molar-refractivity contribution in [2.45, 2.75) is 35.1 Å². The Balaban J connectivity index is 0.00000259. The summed E-state index contributed by atoms with van der Waals surface area (Å²) in [7, 11) is 1.33. The number of piperazine rings is 1. The van der Waals surface area contributed by atoms with E-state index in [9.17, 15) is 9.59 Å². The number of halogens is 1. The monoisotopic (exact) mass is 487 g/mol. The molecule has 0 aliphatic carbocycles. The summed E-state index contributed by atoms with van der Waals surface area (Å²) in [4.78, 5) is 34.1. The van der Waals surface area contributed by atoms with Crippen molar-refractivity contribution in [3.8, 4) is 0 Å². The van der Waals surface area contributed by atoms with Crippen LogP contribution in [0.4, 0.5) is 21.9 Å². The van der Waals surface area contributed by atoms with E-state index in [1.54, 1.807) is 11.8 Å². The molecule has 7 nitrogen and oxygen atoms in total. The first-order valence-corrected chi connectivity index (χ1v) is 12.0. The highest BCUT2D eigenvalue weighted by molar-refractivity contribution is 7.99. The number of hydrogen-bond acceptors (Lipinski definition) is 6. The second-order valence-electron chi connectivity index (χ2n) is 8.48. The van der Waals surface area contributed by atoms with Gasteiger partial charge in [-0.25, -0.2) is 4.79 Å². The van der Waals surface area contributed by atoms with E-state index in [1.807, 2.05) is 47.4 Å². The minimum atomic E-state index is -0.530. The van der Waals surface area contributed by atoms with Crippen LogP contribution in [0.15, 0.2) is 52.3 Å². The zero-order chi connectivity index (χ0) is 22.1. The molecule has 3 heterocycles. The number of carbonyl (C=O) groups is 2. The molecule has 1 atom stereocenters. The summed E-state index contributed by atoms with van der Waals surface area (Å²) in [5, 5.41) is 2.71. The lowest BCUT2D eigenvalue weighted by Crippen LogP contribution is -3.00. The van der Waals surface area contributed by atoms with Gasteiger partial charge in [-0.1, -0.05) is 23.9 Å². The van der Waals surface area contributed by atoms with E-state index >= 15 is 0 Å². The van der Waals surface area contributed by atoms with Gasteiger partial charge in [0.2, 0.25) is 5.91 Å². The summed E-state index contributed by atoms with van der Waals surface area (Å²) in [5.41, 5.74) is 2.30. The van der Waals surface area contributed by atoms with E-state index in [0.29, 0.717) is 18.2 Å². The van der Waals surface area contributed by atoms with E-state index in [2.05, 4.69) is 15.1 Å². The number of benzene rings is 2. The van der Waals surface area contributed by atoms with Crippen LogP contribution in [0.1, 0.15) is 19.3 Å². The van der Waals surface area contributed by atoms with Crippen molar-refractivity contribution in [1.82, 2.24) is 9.80 Å². The lowest BCUT2D eigenvalue weighted by Gasteiger charge is -2.38. The summed E-state index contributed by atoms with van der Waals surface area (Å²) < 4.78 is 4.72. The van der Waals surface area contributed by atoms with Crippen LogP contribution < -0.4 is 22.6 Å². The van der Waals surface area contributed by atoms with Gasteiger partial charge in [-0.15, -0.1) is 0 Å². The lowest BCUT2D eigenvalue weighted by molar-refractivity contribution is -0.118. The highest BCUT2D eigenvalue weighted by atomic mass is 35.5. The van der Waals surface area contributed by atoms with Crippen molar-refractivity contribution >= 4 is 40.8 Å². The zero-order valence-corrected chi connectivity index (χ0v) is 20.2. The van der Waals surface area contributed by atoms with Crippen molar-refractivity contribution in [2.24, 2.45) is 0 Å². The van der Waals surface area contributed by atoms with Crippen molar-refractivity contribution in [3.63, 3.8) is 0 Å². The first-order valence-electron chi connectivity index (χ1n) is 11.2. The maximum atomic E-state index is 13.6. The standard InChI is InChI=1S/C24H28N4O3S.ClH/c1-31-24(30)25-17-8-9-22-20(15-17)28(19-6-2-3-7-21(19)32-22)23(29)10-12-26-13-14-27-11-4-5-18(27)16-26;/h2-3,6-9,15,18H,4-5,10-14,16H2,1H3,(H,25,30);1H/p-1. The Morgan fingerprint density at radius 2 is 1.91 bits per heavy atom. The zero-order valence-electron chi connectivity index (χ0n) is 18.6. The molecule has 0 saturated carbocycles. The Hall–Kier alpha value is -2.26. The maximum Gasteiger partial charge on any atom is 0.411 e. The van der Waals surface area contributed by atoms with Crippen LogP contribution in [0.3, 0.4) is 0 Å². The fourth-order valence-electron chi connectivity index (χ4n) is 4.89. The summed E-state index contributed by atoms with van der Waals surface area (Å²) in [6, 6.07) is 14.3. The number of rotatable bonds is 4. The number of carbonyl (C=O) groups excluding carboxylic acids is 2. The molecule has 33 heavy (non-hydrogen) atoms. The third kappa shape index (κ3) is 4.99. The van der Waals surface area contributed by atoms with Gasteiger partial charge >= 0.3 is 6.09 Å². The summed E-state index contributed by atoms with van der Waals surface area (Å²) >= 11 is 1.64. The molecule has 2 aromatic rings. The molecule has 5 rings (SSSR count). The van der Waals surface area contributed by atoms with Gasteiger partial charge < -0.3 is 17.1 Å². The average molecular weight is 488 g/mol. The number of methoxy groups -OCH3 is 1. The number of ether oxygens (including phenoxy) is 1. The van der Waals surface area contributed by atoms with Gasteiger partial charge in [0.1, 0.15) is 0 Å². The van der Waals surface area contributed by atoms with Crippen LogP contribution in [0, 0.1) is 0 Å². The molecule has 1 N–H and O–H groups in total. The molecule has 2 fully saturated rings. The second kappa shape index (κ2) is 10.3. The van der Waals surface area contributed by atoms with Crippen LogP contribution in [0.25, 0.3) is 0 Å². The van der Waals surface area contributed by atoms with Crippen LogP contribution in [-0.4, -0.2) is 67.7 Å². The first kappa shape index (κ1) is 23.9. The highest BCUT2D eigenvalue weighted by Crippen LogP contribution is 2.49. The molecule has 2 aromatic carbocycles. The molecular formula is C24H28ClN4O3S-. The largest absolute Gasteiger partial charge is 1.00 e. The second-order valence-corrected chi connectivity index (χ2v) is 9.56. The smallest absolute Gasteiger partial charge is 0.411 e. The Morgan fingerprint density at radius 1 is 1.09 bits per heavy atom. The Bertz CT molecular complexity index is 1040. The fraction of sp³-hybridized carbons (Fsp3) is 0.417. The molecule has 0 radical (unpaired) electrons. The van der Waals surface area contributed by atoms with Gasteiger partial charge in [-0.3, -0.25) is 24.8 Å².